The summed E-state index contributed by atoms with van der Waals surface area (Å²) >= 11 is 0. The molecule has 4 heteroatoms. The van der Waals surface area contributed by atoms with Crippen LogP contribution in [0.15, 0.2) is 60.7 Å². The lowest BCUT2D eigenvalue weighted by Crippen LogP contribution is -2.26. The van der Waals surface area contributed by atoms with Crippen LogP contribution in [0.2, 0.25) is 0 Å². The Morgan fingerprint density at radius 2 is 1.61 bits per heavy atom. The number of hydrogen-bond acceptors (Lipinski definition) is 2. The van der Waals surface area contributed by atoms with Crippen LogP contribution in [0.3, 0.4) is 0 Å². The van der Waals surface area contributed by atoms with Crippen LogP contribution in [0.1, 0.15) is 33.7 Å². The molecule has 3 aromatic rings. The smallest absolute Gasteiger partial charge is 0.262 e. The van der Waals surface area contributed by atoms with Gasteiger partial charge in [0.2, 0.25) is 0 Å². The van der Waals surface area contributed by atoms with Gasteiger partial charge >= 0.3 is 0 Å². The van der Waals surface area contributed by atoms with Gasteiger partial charge in [0.1, 0.15) is 0 Å². The van der Waals surface area contributed by atoms with Gasteiger partial charge in [0, 0.05) is 5.92 Å². The number of halogens is 1. The summed E-state index contributed by atoms with van der Waals surface area (Å²) in [5, 5.41) is 2.73. The second-order valence-electron chi connectivity index (χ2n) is 7.45. The molecule has 0 unspecified atom stereocenters. The summed E-state index contributed by atoms with van der Waals surface area (Å²) in [6.07, 6.45) is 2.67. The van der Waals surface area contributed by atoms with E-state index in [0.29, 0.717) is 12.1 Å². The summed E-state index contributed by atoms with van der Waals surface area (Å²) in [6.45, 7) is -0.146. The third-order valence-electron chi connectivity index (χ3n) is 5.69. The Morgan fingerprint density at radius 1 is 0.964 bits per heavy atom. The maximum atomic E-state index is 14.6. The van der Waals surface area contributed by atoms with Gasteiger partial charge in [0.15, 0.2) is 18.2 Å². The monoisotopic (exact) mass is 373 g/mol. The molecule has 0 radical (unpaired) electrons. The largest absolute Gasteiger partial charge is 0.478 e. The Balaban J connectivity index is 1.59. The number of rotatable bonds is 2. The van der Waals surface area contributed by atoms with E-state index in [1.807, 2.05) is 6.07 Å². The van der Waals surface area contributed by atoms with Crippen LogP contribution < -0.4 is 10.1 Å². The van der Waals surface area contributed by atoms with Gasteiger partial charge in [0.25, 0.3) is 5.91 Å². The van der Waals surface area contributed by atoms with Crippen LogP contribution in [0.4, 0.5) is 10.1 Å². The van der Waals surface area contributed by atoms with Gasteiger partial charge in [0.05, 0.1) is 5.69 Å². The van der Waals surface area contributed by atoms with E-state index in [4.69, 9.17) is 4.74 Å². The summed E-state index contributed by atoms with van der Waals surface area (Å²) in [5.41, 5.74) is 6.55. The molecule has 0 aromatic heterocycles. The maximum Gasteiger partial charge on any atom is 0.262 e. The van der Waals surface area contributed by atoms with Gasteiger partial charge in [-0.15, -0.1) is 0 Å². The molecule has 3 nitrogen and oxygen atoms in total. The number of fused-ring (bicyclic) bond motifs is 3. The van der Waals surface area contributed by atoms with Gasteiger partial charge in [-0.05, 0) is 59.2 Å². The molecular weight excluding hydrogens is 353 g/mol. The number of anilines is 1. The Kier molecular flexibility index (Phi) is 4.12. The molecule has 1 heterocycles. The molecular formula is C24H20FNO2. The van der Waals surface area contributed by atoms with Crippen LogP contribution in [0.25, 0.3) is 0 Å². The maximum absolute atomic E-state index is 14.6. The number of aryl methyl sites for hydroxylation is 2. The normalized spacial score (nSPS) is 15.5. The highest BCUT2D eigenvalue weighted by Gasteiger charge is 2.26. The fourth-order valence-electron chi connectivity index (χ4n) is 4.43. The van der Waals surface area contributed by atoms with E-state index in [-0.39, 0.29) is 24.2 Å². The lowest BCUT2D eigenvalue weighted by Gasteiger charge is -2.23. The number of carbonyl (C=O) groups excluding carboxylic acids is 1. The molecule has 1 amide bonds. The van der Waals surface area contributed by atoms with Crippen molar-refractivity contribution in [2.75, 3.05) is 11.9 Å². The fourth-order valence-corrected chi connectivity index (χ4v) is 4.43. The van der Waals surface area contributed by atoms with Crippen molar-refractivity contribution < 1.29 is 13.9 Å². The van der Waals surface area contributed by atoms with E-state index in [9.17, 15) is 9.18 Å². The van der Waals surface area contributed by atoms with Crippen molar-refractivity contribution in [1.82, 2.24) is 0 Å². The summed E-state index contributed by atoms with van der Waals surface area (Å²) in [6, 6.07) is 20.4. The first-order valence-corrected chi connectivity index (χ1v) is 9.60. The van der Waals surface area contributed by atoms with Crippen molar-refractivity contribution in [1.29, 1.82) is 0 Å². The van der Waals surface area contributed by atoms with Crippen molar-refractivity contribution in [3.63, 3.8) is 0 Å². The predicted octanol–water partition coefficient (Wildman–Crippen LogP) is 4.63. The molecule has 1 aliphatic carbocycles. The molecule has 0 saturated carbocycles. The van der Waals surface area contributed by atoms with Gasteiger partial charge < -0.3 is 10.1 Å². The van der Waals surface area contributed by atoms with E-state index >= 15 is 0 Å². The highest BCUT2D eigenvalue weighted by molar-refractivity contribution is 5.95. The molecule has 1 aliphatic heterocycles. The van der Waals surface area contributed by atoms with E-state index in [0.717, 1.165) is 18.4 Å². The molecule has 0 atom stereocenters. The summed E-state index contributed by atoms with van der Waals surface area (Å²) in [5.74, 6) is -0.408. The third kappa shape index (κ3) is 2.95. The number of amides is 1. The average molecular weight is 373 g/mol. The Morgan fingerprint density at radius 3 is 2.29 bits per heavy atom. The summed E-state index contributed by atoms with van der Waals surface area (Å²) < 4.78 is 19.9. The van der Waals surface area contributed by atoms with E-state index in [2.05, 4.69) is 53.8 Å². The molecule has 0 bridgehead atoms. The molecule has 1 N–H and O–H groups in total. The zero-order chi connectivity index (χ0) is 19.1. The SMILES string of the molecule is O=C1COc2c(F)cc(CC3c4ccccc4CCc4ccccc43)cc2N1. The predicted molar refractivity (Wildman–Crippen MR) is 106 cm³/mol. The lowest BCUT2D eigenvalue weighted by molar-refractivity contribution is -0.118. The highest BCUT2D eigenvalue weighted by Crippen LogP contribution is 2.39. The van der Waals surface area contributed by atoms with Crippen molar-refractivity contribution >= 4 is 11.6 Å². The van der Waals surface area contributed by atoms with Crippen molar-refractivity contribution in [3.05, 3.63) is 94.3 Å². The number of carbonyl (C=O) groups is 1. The first-order valence-electron chi connectivity index (χ1n) is 9.60. The first kappa shape index (κ1) is 17.0. The number of ether oxygens (including phenoxy) is 1. The Hall–Kier alpha value is -3.14. The molecule has 0 saturated heterocycles. The van der Waals surface area contributed by atoms with Gasteiger partial charge in [-0.25, -0.2) is 4.39 Å². The van der Waals surface area contributed by atoms with E-state index in [1.54, 1.807) is 0 Å². The minimum absolute atomic E-state index is 0.130. The standard InChI is InChI=1S/C24H20FNO2/c25-21-12-15(13-22-24(21)28-14-23(27)26-22)11-20-18-7-3-1-5-16(18)9-10-17-6-2-4-8-19(17)20/h1-8,12-13,20H,9-11,14H2,(H,26,27). The Labute approximate surface area is 163 Å². The second-order valence-corrected chi connectivity index (χ2v) is 7.45. The van der Waals surface area contributed by atoms with Gasteiger partial charge in [-0.2, -0.15) is 0 Å². The zero-order valence-electron chi connectivity index (χ0n) is 15.4. The number of hydrogen-bond donors (Lipinski definition) is 1. The number of nitrogens with one attached hydrogen (secondary N) is 1. The first-order chi connectivity index (χ1) is 13.7. The summed E-state index contributed by atoms with van der Waals surface area (Å²) in [4.78, 5) is 11.7. The van der Waals surface area contributed by atoms with Crippen molar-refractivity contribution in [2.24, 2.45) is 0 Å². The van der Waals surface area contributed by atoms with Gasteiger partial charge in [-0.3, -0.25) is 4.79 Å². The topological polar surface area (TPSA) is 38.3 Å². The summed E-state index contributed by atoms with van der Waals surface area (Å²) in [7, 11) is 0. The zero-order valence-corrected chi connectivity index (χ0v) is 15.4. The van der Waals surface area contributed by atoms with Crippen LogP contribution >= 0.6 is 0 Å². The molecule has 0 fully saturated rings. The molecule has 3 aromatic carbocycles. The minimum atomic E-state index is -0.428. The van der Waals surface area contributed by atoms with Crippen molar-refractivity contribution in [3.8, 4) is 5.75 Å². The van der Waals surface area contributed by atoms with Crippen LogP contribution in [0, 0.1) is 5.82 Å². The second kappa shape index (κ2) is 6.79. The quantitative estimate of drug-likeness (QED) is 0.711. The fraction of sp³-hybridized carbons (Fsp3) is 0.208. The van der Waals surface area contributed by atoms with E-state index < -0.39 is 5.82 Å². The van der Waals surface area contributed by atoms with Crippen LogP contribution in [-0.2, 0) is 24.1 Å². The lowest BCUT2D eigenvalue weighted by atomic mass is 9.83. The third-order valence-corrected chi connectivity index (χ3v) is 5.69. The van der Waals surface area contributed by atoms with E-state index in [1.165, 1.54) is 28.3 Å². The Bertz CT molecular complexity index is 1030. The van der Waals surface area contributed by atoms with Gasteiger partial charge in [-0.1, -0.05) is 48.5 Å². The van der Waals surface area contributed by atoms with Crippen LogP contribution in [0.5, 0.6) is 5.75 Å². The molecule has 140 valence electrons. The van der Waals surface area contributed by atoms with Crippen LogP contribution in [-0.4, -0.2) is 12.5 Å². The highest BCUT2D eigenvalue weighted by atomic mass is 19.1. The minimum Gasteiger partial charge on any atom is -0.478 e. The number of benzene rings is 3. The van der Waals surface area contributed by atoms with Crippen molar-refractivity contribution in [2.45, 2.75) is 25.2 Å². The average Bonchev–Trinajstić information content (AvgIpc) is 2.85. The molecule has 2 aliphatic rings. The molecule has 28 heavy (non-hydrogen) atoms. The molecule has 5 rings (SSSR count). The molecule has 0 spiro atoms.